The van der Waals surface area contributed by atoms with E-state index in [1.807, 2.05) is 6.92 Å². The number of carbonyl (C=O) groups excluding carboxylic acids is 3. The molecule has 4 aromatic carbocycles. The van der Waals surface area contributed by atoms with E-state index in [-0.39, 0.29) is 33.2 Å². The Bertz CT molecular complexity index is 1640. The van der Waals surface area contributed by atoms with E-state index in [0.717, 1.165) is 15.4 Å². The molecule has 0 spiro atoms. The van der Waals surface area contributed by atoms with E-state index in [2.05, 4.69) is 0 Å². The second-order valence-corrected chi connectivity index (χ2v) is 10.2. The van der Waals surface area contributed by atoms with Crippen molar-refractivity contribution in [3.63, 3.8) is 0 Å². The van der Waals surface area contributed by atoms with Gasteiger partial charge in [0.15, 0.2) is 0 Å². The first-order chi connectivity index (χ1) is 18.8. The lowest BCUT2D eigenvalue weighted by molar-refractivity contribution is -0.121. The lowest BCUT2D eigenvalue weighted by Crippen LogP contribution is -2.57. The first-order valence-corrected chi connectivity index (χ1v) is 13.3. The number of rotatable bonds is 6. The van der Waals surface area contributed by atoms with Crippen LogP contribution in [0.3, 0.4) is 0 Å². The summed E-state index contributed by atoms with van der Waals surface area (Å²) in [5.74, 6) is -1.78. The van der Waals surface area contributed by atoms with Gasteiger partial charge in [-0.05, 0) is 55.5 Å². The van der Waals surface area contributed by atoms with Gasteiger partial charge < -0.3 is 4.18 Å². The normalized spacial score (nSPS) is 14.0. The average Bonchev–Trinajstić information content (AvgIpc) is 2.93. The number of para-hydroxylation sites is 3. The number of benzene rings is 4. The number of anilines is 2. The SMILES string of the molecule is Cc1ccc(S(=O)(=O)Oc2ccccc2C=C2C(=O)N(c3ccccc3)C(=O)N(c3ccccc3)C2=O)cc1. The summed E-state index contributed by atoms with van der Waals surface area (Å²) in [5, 5.41) is 0. The van der Waals surface area contributed by atoms with E-state index in [1.54, 1.807) is 84.9 Å². The largest absolute Gasteiger partial charge is 0.378 e. The van der Waals surface area contributed by atoms with Crippen LogP contribution in [0, 0.1) is 6.92 Å². The van der Waals surface area contributed by atoms with Gasteiger partial charge in [-0.25, -0.2) is 14.6 Å². The highest BCUT2D eigenvalue weighted by Gasteiger charge is 2.43. The number of hydrogen-bond acceptors (Lipinski definition) is 6. The number of nitrogens with zero attached hydrogens (tertiary/aromatic N) is 2. The molecule has 39 heavy (non-hydrogen) atoms. The number of urea groups is 1. The van der Waals surface area contributed by atoms with Crippen molar-refractivity contribution in [1.29, 1.82) is 0 Å². The summed E-state index contributed by atoms with van der Waals surface area (Å²) in [6.07, 6.45) is 1.24. The van der Waals surface area contributed by atoms with Gasteiger partial charge >= 0.3 is 16.1 Å². The number of carbonyl (C=O) groups is 3. The summed E-state index contributed by atoms with van der Waals surface area (Å²) in [5.41, 5.74) is 1.26. The Morgan fingerprint density at radius 2 is 1.13 bits per heavy atom. The van der Waals surface area contributed by atoms with Crippen molar-refractivity contribution in [2.75, 3.05) is 9.80 Å². The molecule has 1 fully saturated rings. The molecular weight excluding hydrogens is 516 g/mol. The van der Waals surface area contributed by atoms with Crippen LogP contribution >= 0.6 is 0 Å². The second-order valence-electron chi connectivity index (χ2n) is 8.68. The van der Waals surface area contributed by atoms with Crippen molar-refractivity contribution >= 4 is 45.4 Å². The van der Waals surface area contributed by atoms with Crippen LogP contribution in [0.25, 0.3) is 6.08 Å². The first kappa shape index (κ1) is 25.6. The number of hydrogen-bond donors (Lipinski definition) is 0. The third-order valence-electron chi connectivity index (χ3n) is 6.01. The fourth-order valence-corrected chi connectivity index (χ4v) is 5.00. The molecule has 0 aliphatic carbocycles. The first-order valence-electron chi connectivity index (χ1n) is 11.9. The molecule has 4 amide bonds. The van der Waals surface area contributed by atoms with Gasteiger partial charge in [0, 0.05) is 5.56 Å². The maximum atomic E-state index is 13.6. The molecular formula is C30H22N2O6S. The lowest BCUT2D eigenvalue weighted by Gasteiger charge is -2.34. The Kier molecular flexibility index (Phi) is 6.83. The van der Waals surface area contributed by atoms with Crippen LogP contribution in [-0.2, 0) is 19.7 Å². The summed E-state index contributed by atoms with van der Waals surface area (Å²) in [6.45, 7) is 1.83. The van der Waals surface area contributed by atoms with Crippen molar-refractivity contribution in [3.8, 4) is 5.75 Å². The fourth-order valence-electron chi connectivity index (χ4n) is 4.04. The summed E-state index contributed by atoms with van der Waals surface area (Å²) >= 11 is 0. The van der Waals surface area contributed by atoms with Crippen LogP contribution in [0.1, 0.15) is 11.1 Å². The molecule has 1 saturated heterocycles. The Morgan fingerprint density at radius 1 is 0.641 bits per heavy atom. The summed E-state index contributed by atoms with van der Waals surface area (Å²) in [6, 6.07) is 27.9. The predicted molar refractivity (Wildman–Crippen MR) is 147 cm³/mol. The van der Waals surface area contributed by atoms with Crippen molar-refractivity contribution < 1.29 is 27.0 Å². The van der Waals surface area contributed by atoms with Gasteiger partial charge in [-0.2, -0.15) is 8.42 Å². The van der Waals surface area contributed by atoms with Gasteiger partial charge in [0.05, 0.1) is 11.4 Å². The Labute approximate surface area is 225 Å². The lowest BCUT2D eigenvalue weighted by atomic mass is 10.0. The molecule has 4 aromatic rings. The van der Waals surface area contributed by atoms with Gasteiger partial charge in [-0.15, -0.1) is 0 Å². The maximum Gasteiger partial charge on any atom is 0.343 e. The van der Waals surface area contributed by atoms with Crippen molar-refractivity contribution in [2.24, 2.45) is 0 Å². The van der Waals surface area contributed by atoms with Crippen LogP contribution in [0.4, 0.5) is 16.2 Å². The highest BCUT2D eigenvalue weighted by atomic mass is 32.2. The van der Waals surface area contributed by atoms with E-state index in [9.17, 15) is 22.8 Å². The highest BCUT2D eigenvalue weighted by molar-refractivity contribution is 7.87. The van der Waals surface area contributed by atoms with E-state index < -0.39 is 28.0 Å². The van der Waals surface area contributed by atoms with Crippen molar-refractivity contribution in [2.45, 2.75) is 11.8 Å². The molecule has 0 N–H and O–H groups in total. The van der Waals surface area contributed by atoms with Crippen molar-refractivity contribution in [1.82, 2.24) is 0 Å². The highest BCUT2D eigenvalue weighted by Crippen LogP contribution is 2.31. The predicted octanol–water partition coefficient (Wildman–Crippen LogP) is 5.35. The molecule has 194 valence electrons. The van der Waals surface area contributed by atoms with E-state index >= 15 is 0 Å². The Hall–Kier alpha value is -5.02. The van der Waals surface area contributed by atoms with Gasteiger partial charge in [0.25, 0.3) is 11.8 Å². The molecule has 9 heteroatoms. The third kappa shape index (κ3) is 5.07. The molecule has 5 rings (SSSR count). The molecule has 1 aliphatic rings. The monoisotopic (exact) mass is 538 g/mol. The molecule has 0 bridgehead atoms. The zero-order valence-electron chi connectivity index (χ0n) is 20.7. The van der Waals surface area contributed by atoms with E-state index in [4.69, 9.17) is 4.18 Å². The molecule has 1 aliphatic heterocycles. The van der Waals surface area contributed by atoms with Crippen LogP contribution in [0.15, 0.2) is 120 Å². The molecule has 0 saturated carbocycles. The smallest absolute Gasteiger partial charge is 0.343 e. The minimum Gasteiger partial charge on any atom is -0.378 e. The fraction of sp³-hybridized carbons (Fsp3) is 0.0333. The van der Waals surface area contributed by atoms with Gasteiger partial charge in [-0.1, -0.05) is 72.3 Å². The second kappa shape index (κ2) is 10.4. The minimum atomic E-state index is -4.21. The molecule has 8 nitrogen and oxygen atoms in total. The van der Waals surface area contributed by atoms with Gasteiger partial charge in [-0.3, -0.25) is 9.59 Å². The van der Waals surface area contributed by atoms with Crippen LogP contribution < -0.4 is 14.0 Å². The van der Waals surface area contributed by atoms with Crippen LogP contribution in [-0.4, -0.2) is 26.3 Å². The number of barbiturate groups is 1. The van der Waals surface area contributed by atoms with Gasteiger partial charge in [0.2, 0.25) is 0 Å². The molecule has 1 heterocycles. The topological polar surface area (TPSA) is 101 Å². The van der Waals surface area contributed by atoms with Crippen LogP contribution in [0.5, 0.6) is 5.75 Å². The van der Waals surface area contributed by atoms with E-state index in [1.165, 1.54) is 30.3 Å². The molecule has 0 unspecified atom stereocenters. The zero-order chi connectivity index (χ0) is 27.6. The number of amides is 4. The number of aryl methyl sites for hydroxylation is 1. The van der Waals surface area contributed by atoms with Crippen LogP contribution in [0.2, 0.25) is 0 Å². The van der Waals surface area contributed by atoms with Gasteiger partial charge in [0.1, 0.15) is 16.2 Å². The summed E-state index contributed by atoms with van der Waals surface area (Å²) < 4.78 is 31.4. The zero-order valence-corrected chi connectivity index (χ0v) is 21.5. The summed E-state index contributed by atoms with van der Waals surface area (Å²) in [4.78, 5) is 42.4. The molecule has 0 radical (unpaired) electrons. The van der Waals surface area contributed by atoms with E-state index in [0.29, 0.717) is 0 Å². The third-order valence-corrected chi connectivity index (χ3v) is 7.25. The average molecular weight is 539 g/mol. The van der Waals surface area contributed by atoms with Crippen molar-refractivity contribution in [3.05, 3.63) is 126 Å². The molecule has 0 aromatic heterocycles. The minimum absolute atomic E-state index is 0.0449. The Morgan fingerprint density at radius 3 is 1.67 bits per heavy atom. The molecule has 0 atom stereocenters. The quantitative estimate of drug-likeness (QED) is 0.186. The standard InChI is InChI=1S/C30H22N2O6S/c1-21-16-18-25(19-17-21)39(36,37)38-27-15-9-8-10-22(27)20-26-28(33)31(23-11-4-2-5-12-23)30(35)32(29(26)34)24-13-6-3-7-14-24/h2-20H,1H3. The maximum absolute atomic E-state index is 13.6. The Balaban J connectivity index is 1.60. The summed E-state index contributed by atoms with van der Waals surface area (Å²) in [7, 11) is -4.21. The number of imide groups is 2.